The third-order valence-electron chi connectivity index (χ3n) is 5.49. The van der Waals surface area contributed by atoms with Crippen molar-refractivity contribution in [3.8, 4) is 28.1 Å². The standard InChI is InChI=1S/C27H27NO3/c1-3-6-19-7-10-24-21(15-19)17-22-16-20(8-11-25(22)24)26-12-9-23(18-28-26)30-13-5-14-31-27(29)4-2/h4,7-12,15-16,18H,2-3,5-6,13-14,17H2,1H3. The van der Waals surface area contributed by atoms with Gasteiger partial charge in [0.15, 0.2) is 0 Å². The Morgan fingerprint density at radius 3 is 2.61 bits per heavy atom. The van der Waals surface area contributed by atoms with Gasteiger partial charge in [0.05, 0.1) is 25.1 Å². The highest BCUT2D eigenvalue weighted by Gasteiger charge is 2.19. The molecule has 0 saturated carbocycles. The normalized spacial score (nSPS) is 11.5. The lowest BCUT2D eigenvalue weighted by atomic mass is 10.0. The molecular weight excluding hydrogens is 386 g/mol. The second-order valence-electron chi connectivity index (χ2n) is 7.74. The molecule has 4 nitrogen and oxygen atoms in total. The van der Waals surface area contributed by atoms with Crippen LogP contribution in [0.1, 0.15) is 36.5 Å². The van der Waals surface area contributed by atoms with E-state index >= 15 is 0 Å². The summed E-state index contributed by atoms with van der Waals surface area (Å²) in [6, 6.07) is 17.4. The molecule has 0 saturated heterocycles. The molecule has 0 atom stereocenters. The number of carbonyl (C=O) groups is 1. The molecule has 3 aromatic rings. The topological polar surface area (TPSA) is 48.4 Å². The molecule has 0 aliphatic heterocycles. The molecule has 1 aliphatic rings. The van der Waals surface area contributed by atoms with E-state index in [1.807, 2.05) is 12.1 Å². The van der Waals surface area contributed by atoms with Crippen LogP contribution >= 0.6 is 0 Å². The Morgan fingerprint density at radius 1 is 1.06 bits per heavy atom. The maximum Gasteiger partial charge on any atom is 0.330 e. The summed E-state index contributed by atoms with van der Waals surface area (Å²) in [6.45, 7) is 6.36. The first-order valence-corrected chi connectivity index (χ1v) is 10.8. The minimum absolute atomic E-state index is 0.313. The Morgan fingerprint density at radius 2 is 1.87 bits per heavy atom. The van der Waals surface area contributed by atoms with Gasteiger partial charge in [-0.25, -0.2) is 4.79 Å². The number of rotatable bonds is 9. The molecule has 31 heavy (non-hydrogen) atoms. The fraction of sp³-hybridized carbons (Fsp3) is 0.259. The molecule has 1 aromatic heterocycles. The Labute approximate surface area is 183 Å². The van der Waals surface area contributed by atoms with Crippen molar-refractivity contribution in [2.24, 2.45) is 0 Å². The number of benzene rings is 2. The van der Waals surface area contributed by atoms with Crippen LogP contribution in [0.4, 0.5) is 0 Å². The van der Waals surface area contributed by atoms with Crippen molar-refractivity contribution in [3.63, 3.8) is 0 Å². The number of fused-ring (bicyclic) bond motifs is 3. The first kappa shape index (κ1) is 20.9. The summed E-state index contributed by atoms with van der Waals surface area (Å²) in [5.41, 5.74) is 8.94. The van der Waals surface area contributed by atoms with Gasteiger partial charge in [-0.2, -0.15) is 0 Å². The van der Waals surface area contributed by atoms with Crippen molar-refractivity contribution in [1.82, 2.24) is 4.98 Å². The largest absolute Gasteiger partial charge is 0.492 e. The number of aromatic nitrogens is 1. The molecule has 0 unspecified atom stereocenters. The summed E-state index contributed by atoms with van der Waals surface area (Å²) in [5.74, 6) is 0.292. The first-order chi connectivity index (χ1) is 15.2. The Bertz CT molecular complexity index is 1090. The Balaban J connectivity index is 1.39. The molecule has 1 heterocycles. The molecule has 0 radical (unpaired) electrons. The fourth-order valence-corrected chi connectivity index (χ4v) is 3.98. The van der Waals surface area contributed by atoms with Gasteiger partial charge in [-0.1, -0.05) is 50.3 Å². The number of ether oxygens (including phenoxy) is 2. The number of carbonyl (C=O) groups excluding carboxylic acids is 1. The maximum atomic E-state index is 11.0. The molecule has 0 fully saturated rings. The summed E-state index contributed by atoms with van der Waals surface area (Å²) >= 11 is 0. The number of hydrogen-bond acceptors (Lipinski definition) is 4. The van der Waals surface area contributed by atoms with Crippen LogP contribution in [0, 0.1) is 0 Å². The van der Waals surface area contributed by atoms with Crippen LogP contribution in [0.3, 0.4) is 0 Å². The second-order valence-corrected chi connectivity index (χ2v) is 7.74. The lowest BCUT2D eigenvalue weighted by molar-refractivity contribution is -0.137. The van der Waals surface area contributed by atoms with E-state index in [9.17, 15) is 4.79 Å². The third kappa shape index (κ3) is 4.85. The highest BCUT2D eigenvalue weighted by atomic mass is 16.5. The van der Waals surface area contributed by atoms with Crippen LogP contribution in [0.5, 0.6) is 5.75 Å². The van der Waals surface area contributed by atoms with Crippen molar-refractivity contribution >= 4 is 5.97 Å². The van der Waals surface area contributed by atoms with E-state index in [0.717, 1.165) is 30.2 Å². The molecule has 158 valence electrons. The summed E-state index contributed by atoms with van der Waals surface area (Å²) in [5, 5.41) is 0. The van der Waals surface area contributed by atoms with Gasteiger partial charge < -0.3 is 9.47 Å². The fourth-order valence-electron chi connectivity index (χ4n) is 3.98. The van der Waals surface area contributed by atoms with Gasteiger partial charge in [-0.3, -0.25) is 4.98 Å². The Hall–Kier alpha value is -3.40. The van der Waals surface area contributed by atoms with Gasteiger partial charge in [-0.15, -0.1) is 0 Å². The monoisotopic (exact) mass is 413 g/mol. The molecule has 4 rings (SSSR count). The van der Waals surface area contributed by atoms with Crippen molar-refractivity contribution in [2.45, 2.75) is 32.6 Å². The second kappa shape index (κ2) is 9.61. The molecule has 4 heteroatoms. The van der Waals surface area contributed by atoms with Crippen molar-refractivity contribution in [1.29, 1.82) is 0 Å². The van der Waals surface area contributed by atoms with Crippen molar-refractivity contribution < 1.29 is 14.3 Å². The first-order valence-electron chi connectivity index (χ1n) is 10.8. The summed E-state index contributed by atoms with van der Waals surface area (Å²) in [7, 11) is 0. The highest BCUT2D eigenvalue weighted by molar-refractivity contribution is 5.81. The van der Waals surface area contributed by atoms with E-state index in [1.165, 1.54) is 34.2 Å². The van der Waals surface area contributed by atoms with Gasteiger partial charge in [0.1, 0.15) is 5.75 Å². The van der Waals surface area contributed by atoms with Crippen molar-refractivity contribution in [3.05, 3.63) is 84.1 Å². The highest BCUT2D eigenvalue weighted by Crippen LogP contribution is 2.39. The Kier molecular flexibility index (Phi) is 6.46. The average Bonchev–Trinajstić information content (AvgIpc) is 3.16. The van der Waals surface area contributed by atoms with Gasteiger partial charge in [-0.05, 0) is 58.9 Å². The van der Waals surface area contributed by atoms with Gasteiger partial charge in [0, 0.05) is 18.1 Å². The maximum absolute atomic E-state index is 11.0. The average molecular weight is 414 g/mol. The number of nitrogens with zero attached hydrogens (tertiary/aromatic N) is 1. The quantitative estimate of drug-likeness (QED) is 0.199. The molecule has 0 spiro atoms. The van der Waals surface area contributed by atoms with E-state index in [-0.39, 0.29) is 0 Å². The van der Waals surface area contributed by atoms with E-state index in [0.29, 0.717) is 25.4 Å². The number of esters is 1. The molecular formula is C27H27NO3. The van der Waals surface area contributed by atoms with Crippen LogP contribution in [-0.2, 0) is 22.4 Å². The summed E-state index contributed by atoms with van der Waals surface area (Å²) in [4.78, 5) is 15.6. The van der Waals surface area contributed by atoms with Crippen LogP contribution in [0.2, 0.25) is 0 Å². The number of aryl methyl sites for hydroxylation is 1. The minimum atomic E-state index is -0.412. The lowest BCUT2D eigenvalue weighted by Gasteiger charge is -2.08. The van der Waals surface area contributed by atoms with E-state index in [1.54, 1.807) is 6.20 Å². The number of hydrogen-bond donors (Lipinski definition) is 0. The molecule has 0 amide bonds. The zero-order valence-corrected chi connectivity index (χ0v) is 17.9. The van der Waals surface area contributed by atoms with Gasteiger partial charge in [0.25, 0.3) is 0 Å². The third-order valence-corrected chi connectivity index (χ3v) is 5.49. The van der Waals surface area contributed by atoms with Crippen LogP contribution in [-0.4, -0.2) is 24.2 Å². The van der Waals surface area contributed by atoms with E-state index in [2.05, 4.69) is 54.9 Å². The zero-order chi connectivity index (χ0) is 21.6. The van der Waals surface area contributed by atoms with E-state index < -0.39 is 5.97 Å². The molecule has 1 aliphatic carbocycles. The SMILES string of the molecule is C=CC(=O)OCCCOc1ccc(-c2ccc3c(c2)Cc2cc(CCC)ccc2-3)nc1. The van der Waals surface area contributed by atoms with E-state index in [4.69, 9.17) is 9.47 Å². The van der Waals surface area contributed by atoms with Gasteiger partial charge in [0.2, 0.25) is 0 Å². The van der Waals surface area contributed by atoms with Crippen LogP contribution in [0.15, 0.2) is 67.4 Å². The molecule has 2 aromatic carbocycles. The summed E-state index contributed by atoms with van der Waals surface area (Å²) < 4.78 is 10.6. The summed E-state index contributed by atoms with van der Waals surface area (Å²) in [6.07, 6.45) is 6.80. The smallest absolute Gasteiger partial charge is 0.330 e. The predicted octanol–water partition coefficient (Wildman–Crippen LogP) is 5.77. The lowest BCUT2D eigenvalue weighted by Crippen LogP contribution is -2.06. The molecule has 0 N–H and O–H groups in total. The molecule has 0 bridgehead atoms. The predicted molar refractivity (Wildman–Crippen MR) is 123 cm³/mol. The van der Waals surface area contributed by atoms with Gasteiger partial charge >= 0.3 is 5.97 Å². The zero-order valence-electron chi connectivity index (χ0n) is 17.9. The van der Waals surface area contributed by atoms with Crippen molar-refractivity contribution in [2.75, 3.05) is 13.2 Å². The van der Waals surface area contributed by atoms with Crippen LogP contribution in [0.25, 0.3) is 22.4 Å². The minimum Gasteiger partial charge on any atom is -0.492 e. The van der Waals surface area contributed by atoms with Crippen LogP contribution < -0.4 is 4.74 Å². The number of pyridine rings is 1.